The van der Waals surface area contributed by atoms with Crippen LogP contribution >= 0.6 is 0 Å². The lowest BCUT2D eigenvalue weighted by molar-refractivity contribution is 0.475. The summed E-state index contributed by atoms with van der Waals surface area (Å²) in [6.07, 6.45) is 15.3. The number of hydrogen-bond donors (Lipinski definition) is 1. The molecule has 154 valence electrons. The smallest absolute Gasteiger partial charge is 0.115 e. The maximum absolute atomic E-state index is 8.63. The number of para-hydroxylation sites is 1. The lowest BCUT2D eigenvalue weighted by Crippen LogP contribution is -1.90. The van der Waals surface area contributed by atoms with E-state index in [4.69, 9.17) is 5.11 Å². The Morgan fingerprint density at radius 3 is 1.93 bits per heavy atom. The zero-order chi connectivity index (χ0) is 20.3. The molecular formula is C26H38O2. The van der Waals surface area contributed by atoms with Gasteiger partial charge in [-0.3, -0.25) is 0 Å². The maximum atomic E-state index is 8.63. The number of phenolic OH excluding ortho intramolecular Hbond substituents is 1. The molecule has 1 saturated heterocycles. The number of phenols is 1. The number of aryl methyl sites for hydroxylation is 1. The van der Waals surface area contributed by atoms with E-state index < -0.39 is 0 Å². The minimum absolute atomic E-state index is 0.322. The van der Waals surface area contributed by atoms with Gasteiger partial charge in [-0.1, -0.05) is 100 Å². The molecule has 0 saturated carbocycles. The van der Waals surface area contributed by atoms with E-state index in [0.717, 1.165) is 13.2 Å². The number of rotatable bonds is 9. The molecule has 0 spiro atoms. The second-order valence-electron chi connectivity index (χ2n) is 7.02. The average molecular weight is 383 g/mol. The second kappa shape index (κ2) is 17.1. The van der Waals surface area contributed by atoms with Crippen molar-refractivity contribution >= 4 is 6.08 Å². The van der Waals surface area contributed by atoms with Crippen LogP contribution in [0.4, 0.5) is 0 Å². The number of hydrogen-bond acceptors (Lipinski definition) is 2. The first-order valence-electron chi connectivity index (χ1n) is 10.8. The van der Waals surface area contributed by atoms with Gasteiger partial charge in [0.25, 0.3) is 0 Å². The number of benzene rings is 2. The van der Waals surface area contributed by atoms with Gasteiger partial charge < -0.3 is 9.84 Å². The molecule has 1 aliphatic rings. The Bertz CT molecular complexity index is 615. The predicted octanol–water partition coefficient (Wildman–Crippen LogP) is 7.42. The van der Waals surface area contributed by atoms with Crippen LogP contribution in [0.3, 0.4) is 0 Å². The largest absolute Gasteiger partial charge is 0.508 e. The summed E-state index contributed by atoms with van der Waals surface area (Å²) in [6.45, 7) is 6.36. The molecule has 0 amide bonds. The van der Waals surface area contributed by atoms with Crippen molar-refractivity contribution in [2.45, 2.75) is 65.2 Å². The summed E-state index contributed by atoms with van der Waals surface area (Å²) in [4.78, 5) is 0. The molecule has 2 aromatic carbocycles. The molecule has 1 aliphatic heterocycles. The van der Waals surface area contributed by atoms with Crippen LogP contribution in [0.1, 0.15) is 69.9 Å². The normalized spacial score (nSPS) is 11.9. The van der Waals surface area contributed by atoms with E-state index in [9.17, 15) is 0 Å². The first kappa shape index (κ1) is 24.0. The molecule has 0 unspecified atom stereocenters. The Morgan fingerprint density at radius 2 is 1.39 bits per heavy atom. The lowest BCUT2D eigenvalue weighted by atomic mass is 10.00. The Labute approximate surface area is 172 Å². The topological polar surface area (TPSA) is 32.8 Å². The van der Waals surface area contributed by atoms with Gasteiger partial charge in [-0.05, 0) is 43.0 Å². The van der Waals surface area contributed by atoms with Crippen LogP contribution < -0.4 is 0 Å². The van der Waals surface area contributed by atoms with Crippen molar-refractivity contribution < 1.29 is 9.84 Å². The van der Waals surface area contributed by atoms with E-state index in [1.54, 1.807) is 24.3 Å². The summed E-state index contributed by atoms with van der Waals surface area (Å²) in [6, 6.07) is 17.5. The van der Waals surface area contributed by atoms with E-state index in [2.05, 4.69) is 55.0 Å². The molecule has 2 heteroatoms. The van der Waals surface area contributed by atoms with Crippen molar-refractivity contribution in [3.8, 4) is 5.75 Å². The molecule has 1 N–H and O–H groups in total. The molecular weight excluding hydrogens is 344 g/mol. The van der Waals surface area contributed by atoms with Gasteiger partial charge in [0.15, 0.2) is 0 Å². The predicted molar refractivity (Wildman–Crippen MR) is 122 cm³/mol. The second-order valence-corrected chi connectivity index (χ2v) is 7.02. The van der Waals surface area contributed by atoms with Gasteiger partial charge in [-0.15, -0.1) is 0 Å². The van der Waals surface area contributed by atoms with Crippen molar-refractivity contribution in [3.63, 3.8) is 0 Å². The minimum atomic E-state index is 0.322. The van der Waals surface area contributed by atoms with E-state index in [0.29, 0.717) is 5.75 Å². The highest BCUT2D eigenvalue weighted by Gasteiger charge is 1.98. The Morgan fingerprint density at radius 1 is 0.821 bits per heavy atom. The zero-order valence-corrected chi connectivity index (χ0v) is 17.8. The molecule has 0 radical (unpaired) electrons. The summed E-state index contributed by atoms with van der Waals surface area (Å²) in [5.74, 6) is 0.322. The van der Waals surface area contributed by atoms with Crippen molar-refractivity contribution in [1.82, 2.24) is 0 Å². The van der Waals surface area contributed by atoms with Crippen molar-refractivity contribution in [3.05, 3.63) is 71.8 Å². The molecule has 1 heterocycles. The highest BCUT2D eigenvalue weighted by Crippen LogP contribution is 2.15. The van der Waals surface area contributed by atoms with Gasteiger partial charge in [0.05, 0.1) is 13.2 Å². The zero-order valence-electron chi connectivity index (χ0n) is 17.8. The van der Waals surface area contributed by atoms with E-state index >= 15 is 0 Å². The fourth-order valence-corrected chi connectivity index (χ4v) is 2.80. The third-order valence-electron chi connectivity index (χ3n) is 4.41. The average Bonchev–Trinajstić information content (AvgIpc) is 3.59. The molecule has 0 aliphatic carbocycles. The third-order valence-corrected chi connectivity index (χ3v) is 4.41. The summed E-state index contributed by atoms with van der Waals surface area (Å²) in [5.41, 5.74) is 2.90. The van der Waals surface area contributed by atoms with Crippen LogP contribution in [0.15, 0.2) is 60.7 Å². The molecule has 3 rings (SSSR count). The van der Waals surface area contributed by atoms with Crippen LogP contribution in [0, 0.1) is 0 Å². The van der Waals surface area contributed by atoms with Gasteiger partial charge in [0, 0.05) is 0 Å². The molecule has 2 aromatic rings. The first-order chi connectivity index (χ1) is 13.8. The quantitative estimate of drug-likeness (QED) is 0.361. The summed E-state index contributed by atoms with van der Waals surface area (Å²) >= 11 is 0. The van der Waals surface area contributed by atoms with Crippen LogP contribution in [0.2, 0.25) is 0 Å². The van der Waals surface area contributed by atoms with Crippen molar-refractivity contribution in [1.29, 1.82) is 0 Å². The van der Waals surface area contributed by atoms with E-state index in [-0.39, 0.29) is 0 Å². The fraction of sp³-hybridized carbons (Fsp3) is 0.462. The molecule has 0 bridgehead atoms. The summed E-state index contributed by atoms with van der Waals surface area (Å²) < 4.78 is 4.50. The number of ether oxygens (including phenoxy) is 1. The molecule has 2 nitrogen and oxygen atoms in total. The molecule has 0 atom stereocenters. The first-order valence-corrected chi connectivity index (χ1v) is 10.8. The molecule has 0 aromatic heterocycles. The Kier molecular flexibility index (Phi) is 14.6. The van der Waals surface area contributed by atoms with E-state index in [1.807, 2.05) is 6.07 Å². The lowest BCUT2D eigenvalue weighted by Gasteiger charge is -2.06. The highest BCUT2D eigenvalue weighted by molar-refractivity contribution is 5.53. The number of allylic oxidation sites excluding steroid dienone is 1. The van der Waals surface area contributed by atoms with E-state index in [1.165, 1.54) is 62.5 Å². The summed E-state index contributed by atoms with van der Waals surface area (Å²) in [7, 11) is 0. The van der Waals surface area contributed by atoms with Gasteiger partial charge >= 0.3 is 0 Å². The van der Waals surface area contributed by atoms with Gasteiger partial charge in [0.2, 0.25) is 0 Å². The van der Waals surface area contributed by atoms with Crippen molar-refractivity contribution in [2.75, 3.05) is 13.2 Å². The fourth-order valence-electron chi connectivity index (χ4n) is 2.80. The van der Waals surface area contributed by atoms with Crippen LogP contribution in [-0.2, 0) is 11.2 Å². The van der Waals surface area contributed by atoms with Crippen LogP contribution in [-0.4, -0.2) is 18.3 Å². The van der Waals surface area contributed by atoms with Crippen molar-refractivity contribution in [2.24, 2.45) is 0 Å². The van der Waals surface area contributed by atoms with Crippen LogP contribution in [0.5, 0.6) is 5.75 Å². The maximum Gasteiger partial charge on any atom is 0.115 e. The monoisotopic (exact) mass is 382 g/mol. The third kappa shape index (κ3) is 14.1. The Balaban J connectivity index is 0.000000315. The molecule has 28 heavy (non-hydrogen) atoms. The number of unbranched alkanes of at least 4 members (excludes halogenated alkanes) is 6. The minimum Gasteiger partial charge on any atom is -0.508 e. The standard InChI is InChI=1S/C18H28.C6H6O.C2H4O/c1-3-5-6-7-8-9-10-14-18-16-12-11-15-17(18)13-4-2;7-6-4-2-1-3-5-6;1-2-3-1/h4,11-13,15-16H,3,5-10,14H2,1-2H3;1-5,7H;1-2H2. The SMILES string of the molecule is C1CO1.CC=Cc1ccccc1CCCCCCCCC.Oc1ccccc1. The van der Waals surface area contributed by atoms with Gasteiger partial charge in [-0.25, -0.2) is 0 Å². The highest BCUT2D eigenvalue weighted by atomic mass is 16.6. The van der Waals surface area contributed by atoms with Crippen LogP contribution in [0.25, 0.3) is 6.08 Å². The molecule has 1 fully saturated rings. The van der Waals surface area contributed by atoms with Gasteiger partial charge in [0.1, 0.15) is 5.75 Å². The summed E-state index contributed by atoms with van der Waals surface area (Å²) in [5, 5.41) is 8.63. The van der Waals surface area contributed by atoms with Gasteiger partial charge in [-0.2, -0.15) is 0 Å². The number of epoxide rings is 1. The number of aromatic hydroxyl groups is 1. The Hall–Kier alpha value is -2.06.